The summed E-state index contributed by atoms with van der Waals surface area (Å²) < 4.78 is 37.1. The molecule has 0 bridgehead atoms. The molecule has 0 aromatic carbocycles. The van der Waals surface area contributed by atoms with Crippen molar-refractivity contribution in [3.05, 3.63) is 5.01 Å². The maximum atomic E-state index is 12.3. The summed E-state index contributed by atoms with van der Waals surface area (Å²) in [6, 6.07) is 0. The van der Waals surface area contributed by atoms with E-state index >= 15 is 0 Å². The van der Waals surface area contributed by atoms with Gasteiger partial charge in [0.2, 0.25) is 10.1 Å². The zero-order chi connectivity index (χ0) is 12.5. The maximum absolute atomic E-state index is 12.3. The first-order valence-electron chi connectivity index (χ1n) is 5.15. The molecule has 1 aromatic heterocycles. The fourth-order valence-corrected chi connectivity index (χ4v) is 3.19. The van der Waals surface area contributed by atoms with Gasteiger partial charge in [-0.2, -0.15) is 24.9 Å². The van der Waals surface area contributed by atoms with Crippen molar-refractivity contribution < 1.29 is 13.2 Å². The molecule has 1 fully saturated rings. The normalized spacial score (nSPS) is 18.8. The Labute approximate surface area is 105 Å². The minimum atomic E-state index is -4.40. The third kappa shape index (κ3) is 2.85. The molecule has 0 saturated heterocycles. The number of hydrogen-bond donors (Lipinski definition) is 1. The number of nitrogens with zero attached hydrogens (tertiary/aromatic N) is 2. The van der Waals surface area contributed by atoms with Gasteiger partial charge in [0, 0.05) is 11.3 Å². The predicted octanol–water partition coefficient (Wildman–Crippen LogP) is 3.25. The average Bonchev–Trinajstić information content (AvgIpc) is 2.65. The van der Waals surface area contributed by atoms with Crippen LogP contribution in [0, 0.1) is 0 Å². The van der Waals surface area contributed by atoms with Crippen molar-refractivity contribution in [3.8, 4) is 0 Å². The summed E-state index contributed by atoms with van der Waals surface area (Å²) in [6.07, 6.45) is 1.03. The van der Waals surface area contributed by atoms with Crippen molar-refractivity contribution in [3.63, 3.8) is 0 Å². The van der Waals surface area contributed by atoms with E-state index in [-0.39, 0.29) is 9.88 Å². The second-order valence-corrected chi connectivity index (χ2v) is 6.26. The second kappa shape index (κ2) is 4.64. The third-order valence-electron chi connectivity index (χ3n) is 2.93. The predicted molar refractivity (Wildman–Crippen MR) is 63.5 cm³/mol. The van der Waals surface area contributed by atoms with E-state index in [1.165, 1.54) is 6.42 Å². The molecule has 0 amide bonds. The van der Waals surface area contributed by atoms with Gasteiger partial charge < -0.3 is 5.32 Å². The molecule has 0 spiro atoms. The molecule has 1 aromatic rings. The van der Waals surface area contributed by atoms with Crippen LogP contribution in [0.25, 0.3) is 0 Å². The molecule has 1 heterocycles. The smallest absolute Gasteiger partial charge is 0.359 e. The quantitative estimate of drug-likeness (QED) is 0.920. The molecule has 0 radical (unpaired) electrons. The van der Waals surface area contributed by atoms with Crippen LogP contribution < -0.4 is 5.32 Å². The summed E-state index contributed by atoms with van der Waals surface area (Å²) in [5.41, 5.74) is 0. The first kappa shape index (κ1) is 12.9. The van der Waals surface area contributed by atoms with E-state index in [9.17, 15) is 13.2 Å². The van der Waals surface area contributed by atoms with Gasteiger partial charge in [0.25, 0.3) is 0 Å². The van der Waals surface area contributed by atoms with Crippen LogP contribution in [0.4, 0.5) is 18.3 Å². The Morgan fingerprint density at radius 1 is 1.41 bits per heavy atom. The Kier molecular flexibility index (Phi) is 3.53. The number of aromatic nitrogens is 2. The molecule has 2 rings (SSSR count). The Morgan fingerprint density at radius 3 is 2.53 bits per heavy atom. The van der Waals surface area contributed by atoms with Crippen molar-refractivity contribution in [2.45, 2.75) is 30.2 Å². The van der Waals surface area contributed by atoms with Crippen LogP contribution >= 0.6 is 23.1 Å². The number of anilines is 1. The van der Waals surface area contributed by atoms with Gasteiger partial charge in [0.05, 0.1) is 0 Å². The van der Waals surface area contributed by atoms with Gasteiger partial charge in [0.15, 0.2) is 0 Å². The van der Waals surface area contributed by atoms with Gasteiger partial charge in [-0.15, -0.1) is 10.2 Å². The average molecular weight is 283 g/mol. The summed E-state index contributed by atoms with van der Waals surface area (Å²) >= 11 is 2.32. The second-order valence-electron chi connectivity index (χ2n) is 4.00. The van der Waals surface area contributed by atoms with Crippen molar-refractivity contribution in [2.75, 3.05) is 18.1 Å². The fourth-order valence-electron chi connectivity index (χ4n) is 1.67. The molecule has 0 aliphatic heterocycles. The van der Waals surface area contributed by atoms with E-state index in [2.05, 4.69) is 15.5 Å². The van der Waals surface area contributed by atoms with Gasteiger partial charge in [0.1, 0.15) is 0 Å². The highest BCUT2D eigenvalue weighted by molar-refractivity contribution is 8.00. The van der Waals surface area contributed by atoms with Crippen LogP contribution in [0.1, 0.15) is 24.3 Å². The van der Waals surface area contributed by atoms with E-state index in [1.807, 2.05) is 6.26 Å². The third-order valence-corrected chi connectivity index (χ3v) is 5.27. The van der Waals surface area contributed by atoms with Crippen molar-refractivity contribution in [1.29, 1.82) is 0 Å². The van der Waals surface area contributed by atoms with E-state index in [4.69, 9.17) is 0 Å². The van der Waals surface area contributed by atoms with Crippen LogP contribution in [0.5, 0.6) is 0 Å². The summed E-state index contributed by atoms with van der Waals surface area (Å²) in [6.45, 7) is 0.653. The highest BCUT2D eigenvalue weighted by atomic mass is 32.2. The topological polar surface area (TPSA) is 37.8 Å². The SMILES string of the molecule is CSC1(CNc2nnc(C(F)(F)F)s2)CCC1. The molecule has 1 aliphatic carbocycles. The fraction of sp³-hybridized carbons (Fsp3) is 0.778. The Bertz CT molecular complexity index is 382. The molecular formula is C9H12F3N3S2. The minimum absolute atomic E-state index is 0.171. The Balaban J connectivity index is 1.93. The van der Waals surface area contributed by atoms with Crippen LogP contribution in [-0.2, 0) is 6.18 Å². The Morgan fingerprint density at radius 2 is 2.12 bits per heavy atom. The first-order chi connectivity index (χ1) is 7.95. The summed E-state index contributed by atoms with van der Waals surface area (Å²) in [7, 11) is 0. The van der Waals surface area contributed by atoms with Crippen molar-refractivity contribution in [2.24, 2.45) is 0 Å². The Hall–Kier alpha value is -0.500. The lowest BCUT2D eigenvalue weighted by Gasteiger charge is -2.40. The summed E-state index contributed by atoms with van der Waals surface area (Å²) in [5, 5.41) is 8.94. The largest absolute Gasteiger partial charge is 0.445 e. The van der Waals surface area contributed by atoms with Gasteiger partial charge >= 0.3 is 6.18 Å². The number of rotatable bonds is 4. The lowest BCUT2D eigenvalue weighted by atomic mass is 9.84. The maximum Gasteiger partial charge on any atom is 0.445 e. The van der Waals surface area contributed by atoms with Crippen LogP contribution in [0.15, 0.2) is 0 Å². The van der Waals surface area contributed by atoms with E-state index < -0.39 is 11.2 Å². The van der Waals surface area contributed by atoms with E-state index in [0.717, 1.165) is 12.8 Å². The first-order valence-corrected chi connectivity index (χ1v) is 7.19. The molecule has 17 heavy (non-hydrogen) atoms. The molecular weight excluding hydrogens is 271 g/mol. The monoisotopic (exact) mass is 283 g/mol. The summed E-state index contributed by atoms with van der Waals surface area (Å²) in [5.74, 6) is 0. The lowest BCUT2D eigenvalue weighted by molar-refractivity contribution is -0.138. The molecule has 1 saturated carbocycles. The molecule has 0 unspecified atom stereocenters. The zero-order valence-corrected chi connectivity index (χ0v) is 10.8. The van der Waals surface area contributed by atoms with Gasteiger partial charge in [-0.3, -0.25) is 0 Å². The van der Waals surface area contributed by atoms with Gasteiger partial charge in [-0.25, -0.2) is 0 Å². The number of hydrogen-bond acceptors (Lipinski definition) is 5. The number of nitrogens with one attached hydrogen (secondary N) is 1. The number of halogens is 3. The highest BCUT2D eigenvalue weighted by Crippen LogP contribution is 2.43. The zero-order valence-electron chi connectivity index (χ0n) is 9.17. The molecule has 0 atom stereocenters. The number of thioether (sulfide) groups is 1. The van der Waals surface area contributed by atoms with Gasteiger partial charge in [-0.1, -0.05) is 17.8 Å². The van der Waals surface area contributed by atoms with Gasteiger partial charge in [-0.05, 0) is 19.1 Å². The van der Waals surface area contributed by atoms with E-state index in [0.29, 0.717) is 17.9 Å². The molecule has 8 heteroatoms. The van der Waals surface area contributed by atoms with Crippen LogP contribution in [0.3, 0.4) is 0 Å². The highest BCUT2D eigenvalue weighted by Gasteiger charge is 2.38. The molecule has 1 N–H and O–H groups in total. The molecule has 96 valence electrons. The van der Waals surface area contributed by atoms with Crippen molar-refractivity contribution in [1.82, 2.24) is 10.2 Å². The molecule has 1 aliphatic rings. The van der Waals surface area contributed by atoms with Crippen LogP contribution in [-0.4, -0.2) is 27.7 Å². The van der Waals surface area contributed by atoms with Crippen molar-refractivity contribution >= 4 is 28.2 Å². The standard InChI is InChI=1S/C9H12F3N3S2/c1-16-8(3-2-4-8)5-13-7-15-14-6(17-7)9(10,11)12/h2-5H2,1H3,(H,13,15). The summed E-state index contributed by atoms with van der Waals surface area (Å²) in [4.78, 5) is 0. The lowest BCUT2D eigenvalue weighted by Crippen LogP contribution is -2.40. The van der Waals surface area contributed by atoms with Crippen LogP contribution in [0.2, 0.25) is 0 Å². The number of alkyl halides is 3. The minimum Gasteiger partial charge on any atom is -0.359 e. The molecule has 3 nitrogen and oxygen atoms in total. The van der Waals surface area contributed by atoms with E-state index in [1.54, 1.807) is 11.8 Å².